The molecule has 0 aliphatic carbocycles. The second kappa shape index (κ2) is 11.4. The number of hydrogen-bond donors (Lipinski definition) is 0. The first kappa shape index (κ1) is 24.3. The van der Waals surface area contributed by atoms with Crippen LogP contribution in [0.15, 0.2) is 30.3 Å². The molecule has 1 heterocycles. The Labute approximate surface area is 179 Å². The molecule has 10 nitrogen and oxygen atoms in total. The summed E-state index contributed by atoms with van der Waals surface area (Å²) in [6.45, 7) is 4.54. The summed E-state index contributed by atoms with van der Waals surface area (Å²) < 4.78 is 32.6. The molecule has 0 bridgehead atoms. The van der Waals surface area contributed by atoms with E-state index < -0.39 is 54.6 Å². The van der Waals surface area contributed by atoms with Crippen molar-refractivity contribution in [2.45, 2.75) is 65.0 Å². The average molecular weight is 438 g/mol. The van der Waals surface area contributed by atoms with Gasteiger partial charge in [-0.3, -0.25) is 19.2 Å². The van der Waals surface area contributed by atoms with E-state index in [9.17, 15) is 19.2 Å². The SMILES string of the molecule is CC(=O)OC[C@H]1O[C@H](OC(C)=O)[C@H](OC(C)=O)[C@@H](OC(C)=O)[C@@H]1OCc1ccccc1. The predicted molar refractivity (Wildman–Crippen MR) is 103 cm³/mol. The summed E-state index contributed by atoms with van der Waals surface area (Å²) in [6, 6.07) is 9.16. The van der Waals surface area contributed by atoms with E-state index in [0.717, 1.165) is 19.4 Å². The molecule has 2 rings (SSSR count). The van der Waals surface area contributed by atoms with Gasteiger partial charge in [0.2, 0.25) is 12.4 Å². The van der Waals surface area contributed by atoms with Crippen LogP contribution in [0.1, 0.15) is 33.3 Å². The number of carbonyl (C=O) groups excluding carboxylic acids is 4. The summed E-state index contributed by atoms with van der Waals surface area (Å²) in [7, 11) is 0. The molecule has 1 aliphatic rings. The summed E-state index contributed by atoms with van der Waals surface area (Å²) in [5, 5.41) is 0. The minimum atomic E-state index is -1.40. The van der Waals surface area contributed by atoms with Gasteiger partial charge in [-0.2, -0.15) is 0 Å². The zero-order valence-corrected chi connectivity index (χ0v) is 17.8. The molecule has 0 aromatic heterocycles. The monoisotopic (exact) mass is 438 g/mol. The molecule has 10 heteroatoms. The van der Waals surface area contributed by atoms with Crippen molar-refractivity contribution in [1.82, 2.24) is 0 Å². The molecule has 1 aliphatic heterocycles. The van der Waals surface area contributed by atoms with Gasteiger partial charge < -0.3 is 28.4 Å². The summed E-state index contributed by atoms with van der Waals surface area (Å²) in [5.74, 6) is -2.66. The zero-order valence-electron chi connectivity index (χ0n) is 17.8. The fraction of sp³-hybridized carbons (Fsp3) is 0.524. The first-order valence-electron chi connectivity index (χ1n) is 9.63. The Hall–Kier alpha value is -2.98. The molecular formula is C21H26O10. The van der Waals surface area contributed by atoms with Crippen molar-refractivity contribution in [2.24, 2.45) is 0 Å². The Morgan fingerprint density at radius 2 is 1.35 bits per heavy atom. The molecule has 0 spiro atoms. The third-order valence-electron chi connectivity index (χ3n) is 4.21. The lowest BCUT2D eigenvalue weighted by molar-refractivity contribution is -0.305. The van der Waals surface area contributed by atoms with Crippen LogP contribution in [-0.4, -0.2) is 61.2 Å². The van der Waals surface area contributed by atoms with Gasteiger partial charge in [0, 0.05) is 27.7 Å². The minimum absolute atomic E-state index is 0.105. The maximum atomic E-state index is 11.8. The quantitative estimate of drug-likeness (QED) is 0.433. The highest BCUT2D eigenvalue weighted by Crippen LogP contribution is 2.30. The van der Waals surface area contributed by atoms with E-state index >= 15 is 0 Å². The van der Waals surface area contributed by atoms with Crippen LogP contribution in [0.2, 0.25) is 0 Å². The fourth-order valence-corrected chi connectivity index (χ4v) is 3.08. The lowest BCUT2D eigenvalue weighted by Crippen LogP contribution is -2.62. The van der Waals surface area contributed by atoms with Gasteiger partial charge >= 0.3 is 23.9 Å². The second-order valence-electron chi connectivity index (χ2n) is 6.86. The van der Waals surface area contributed by atoms with Crippen molar-refractivity contribution in [2.75, 3.05) is 6.61 Å². The van der Waals surface area contributed by atoms with E-state index in [1.807, 2.05) is 30.3 Å². The molecule has 1 saturated heterocycles. The number of hydrogen-bond acceptors (Lipinski definition) is 10. The van der Waals surface area contributed by atoms with Crippen molar-refractivity contribution < 1.29 is 47.6 Å². The Kier molecular flexibility index (Phi) is 8.95. The number of ether oxygens (including phenoxy) is 6. The van der Waals surface area contributed by atoms with Crippen molar-refractivity contribution in [3.05, 3.63) is 35.9 Å². The average Bonchev–Trinajstić information content (AvgIpc) is 2.67. The van der Waals surface area contributed by atoms with Gasteiger partial charge in [0.05, 0.1) is 6.61 Å². The van der Waals surface area contributed by atoms with Gasteiger partial charge in [-0.05, 0) is 5.56 Å². The lowest BCUT2D eigenvalue weighted by atomic mass is 9.98. The number of esters is 4. The summed E-state index contributed by atoms with van der Waals surface area (Å²) >= 11 is 0. The molecule has 0 N–H and O–H groups in total. The standard InChI is InChI=1S/C21H26O10/c1-12(22)26-11-17-18(27-10-16-8-6-5-7-9-16)19(28-13(2)23)20(29-14(3)24)21(31-17)30-15(4)25/h5-9,17-21H,10-11H2,1-4H3/t17-,18-,19+,20-,21+/m1/s1. The van der Waals surface area contributed by atoms with Gasteiger partial charge in [0.15, 0.2) is 6.10 Å². The van der Waals surface area contributed by atoms with Crippen LogP contribution in [0, 0.1) is 0 Å². The number of rotatable bonds is 8. The van der Waals surface area contributed by atoms with E-state index in [4.69, 9.17) is 28.4 Å². The molecule has 1 aromatic carbocycles. The number of benzene rings is 1. The fourth-order valence-electron chi connectivity index (χ4n) is 3.08. The smallest absolute Gasteiger partial charge is 0.305 e. The van der Waals surface area contributed by atoms with Crippen molar-refractivity contribution in [1.29, 1.82) is 0 Å². The van der Waals surface area contributed by atoms with Crippen LogP contribution in [-0.2, 0) is 54.2 Å². The highest BCUT2D eigenvalue weighted by atomic mass is 16.7. The molecule has 5 atom stereocenters. The molecule has 1 fully saturated rings. The highest BCUT2D eigenvalue weighted by Gasteiger charge is 2.52. The topological polar surface area (TPSA) is 124 Å². The van der Waals surface area contributed by atoms with E-state index in [1.165, 1.54) is 13.8 Å². The van der Waals surface area contributed by atoms with Crippen LogP contribution in [0.25, 0.3) is 0 Å². The lowest BCUT2D eigenvalue weighted by Gasteiger charge is -2.44. The molecule has 0 radical (unpaired) electrons. The molecule has 1 aromatic rings. The van der Waals surface area contributed by atoms with Crippen molar-refractivity contribution >= 4 is 23.9 Å². The molecule has 170 valence electrons. The Morgan fingerprint density at radius 3 is 1.90 bits per heavy atom. The van der Waals surface area contributed by atoms with Crippen LogP contribution >= 0.6 is 0 Å². The Morgan fingerprint density at radius 1 is 0.774 bits per heavy atom. The first-order valence-corrected chi connectivity index (χ1v) is 9.63. The highest BCUT2D eigenvalue weighted by molar-refractivity contribution is 5.68. The van der Waals surface area contributed by atoms with Gasteiger partial charge in [0.25, 0.3) is 0 Å². The molecule has 31 heavy (non-hydrogen) atoms. The summed E-state index contributed by atoms with van der Waals surface area (Å²) in [5.41, 5.74) is 0.821. The minimum Gasteiger partial charge on any atom is -0.463 e. The van der Waals surface area contributed by atoms with Crippen LogP contribution in [0.4, 0.5) is 0 Å². The Balaban J connectivity index is 2.37. The molecular weight excluding hydrogens is 412 g/mol. The number of carbonyl (C=O) groups is 4. The van der Waals surface area contributed by atoms with E-state index in [-0.39, 0.29) is 13.2 Å². The van der Waals surface area contributed by atoms with Gasteiger partial charge in [-0.25, -0.2) is 0 Å². The molecule has 0 unspecified atom stereocenters. The maximum Gasteiger partial charge on any atom is 0.305 e. The van der Waals surface area contributed by atoms with Crippen LogP contribution in [0.3, 0.4) is 0 Å². The molecule has 0 saturated carbocycles. The van der Waals surface area contributed by atoms with Gasteiger partial charge in [0.1, 0.15) is 18.8 Å². The predicted octanol–water partition coefficient (Wildman–Crippen LogP) is 1.29. The van der Waals surface area contributed by atoms with Crippen LogP contribution < -0.4 is 0 Å². The van der Waals surface area contributed by atoms with E-state index in [0.29, 0.717) is 0 Å². The van der Waals surface area contributed by atoms with Crippen LogP contribution in [0.5, 0.6) is 0 Å². The Bertz CT molecular complexity index is 778. The molecule has 0 amide bonds. The third-order valence-corrected chi connectivity index (χ3v) is 4.21. The van der Waals surface area contributed by atoms with Gasteiger partial charge in [-0.15, -0.1) is 0 Å². The van der Waals surface area contributed by atoms with Gasteiger partial charge in [-0.1, -0.05) is 30.3 Å². The second-order valence-corrected chi connectivity index (χ2v) is 6.86. The van der Waals surface area contributed by atoms with Crippen molar-refractivity contribution in [3.63, 3.8) is 0 Å². The zero-order chi connectivity index (χ0) is 23.0. The first-order chi connectivity index (χ1) is 14.7. The van der Waals surface area contributed by atoms with Crippen molar-refractivity contribution in [3.8, 4) is 0 Å². The van der Waals surface area contributed by atoms with E-state index in [1.54, 1.807) is 0 Å². The summed E-state index contributed by atoms with van der Waals surface area (Å²) in [4.78, 5) is 46.4. The summed E-state index contributed by atoms with van der Waals surface area (Å²) in [6.07, 6.45) is -5.86. The largest absolute Gasteiger partial charge is 0.463 e. The normalized spacial score (nSPS) is 25.2. The van der Waals surface area contributed by atoms with E-state index in [2.05, 4.69) is 0 Å². The third kappa shape index (κ3) is 7.65. The maximum absolute atomic E-state index is 11.8.